The van der Waals surface area contributed by atoms with Crippen LogP contribution < -0.4 is 0 Å². The van der Waals surface area contributed by atoms with Crippen LogP contribution in [0.3, 0.4) is 0 Å². The summed E-state index contributed by atoms with van der Waals surface area (Å²) in [6.45, 7) is 11.2. The molecule has 50 heavy (non-hydrogen) atoms. The molecule has 0 aromatic rings. The van der Waals surface area contributed by atoms with Crippen molar-refractivity contribution < 1.29 is 54.7 Å². The minimum absolute atomic E-state index is 0.157. The van der Waals surface area contributed by atoms with Gasteiger partial charge in [-0.2, -0.15) is 0 Å². The highest BCUT2D eigenvalue weighted by Crippen LogP contribution is 2.68. The smallest absolute Gasteiger partial charge is 0.187 e. The highest BCUT2D eigenvalue weighted by molar-refractivity contribution is 5.10. The van der Waals surface area contributed by atoms with Crippen molar-refractivity contribution in [3.8, 4) is 0 Å². The lowest BCUT2D eigenvalue weighted by Crippen LogP contribution is -2.65. The number of hydrogen-bond acceptors (Lipinski definition) is 11. The second kappa shape index (κ2) is 15.7. The average molecular weight is 713 g/mol. The van der Waals surface area contributed by atoms with E-state index in [9.17, 15) is 35.7 Å². The van der Waals surface area contributed by atoms with Crippen LogP contribution in [0.4, 0.5) is 0 Å². The molecule has 0 amide bonds. The van der Waals surface area contributed by atoms with Crippen LogP contribution in [0.15, 0.2) is 0 Å². The van der Waals surface area contributed by atoms with Gasteiger partial charge >= 0.3 is 0 Å². The lowest BCUT2D eigenvalue weighted by Gasteiger charge is -2.61. The van der Waals surface area contributed by atoms with Gasteiger partial charge < -0.3 is 54.7 Å². The fraction of sp³-hybridized carbons (Fsp3) is 1.00. The number of ether oxygens (including phenoxy) is 4. The van der Waals surface area contributed by atoms with Crippen molar-refractivity contribution in [2.75, 3.05) is 13.2 Å². The Kier molecular flexibility index (Phi) is 12.4. The van der Waals surface area contributed by atoms with E-state index in [4.69, 9.17) is 18.9 Å². The molecule has 19 atom stereocenters. The molecule has 0 aromatic heterocycles. The highest BCUT2D eigenvalue weighted by Gasteiger charge is 2.61. The molecule has 0 bridgehead atoms. The number of hydrogen-bond donors (Lipinski definition) is 7. The summed E-state index contributed by atoms with van der Waals surface area (Å²) in [5.74, 6) is 5.29. The number of fused-ring (bicyclic) bond motifs is 5. The fourth-order valence-electron chi connectivity index (χ4n) is 12.2. The van der Waals surface area contributed by atoms with E-state index in [1.165, 1.54) is 57.8 Å². The maximum absolute atomic E-state index is 11.1. The maximum atomic E-state index is 11.1. The zero-order chi connectivity index (χ0) is 36.1. The van der Waals surface area contributed by atoms with Crippen LogP contribution in [0, 0.1) is 52.3 Å². The van der Waals surface area contributed by atoms with Gasteiger partial charge in [0.05, 0.1) is 19.3 Å². The predicted octanol–water partition coefficient (Wildman–Crippen LogP) is 3.12. The van der Waals surface area contributed by atoms with E-state index in [0.29, 0.717) is 11.3 Å². The van der Waals surface area contributed by atoms with E-state index in [0.717, 1.165) is 54.8 Å². The van der Waals surface area contributed by atoms with Crippen molar-refractivity contribution >= 4 is 0 Å². The van der Waals surface area contributed by atoms with Gasteiger partial charge in [-0.15, -0.1) is 0 Å². The summed E-state index contributed by atoms with van der Waals surface area (Å²) in [5.41, 5.74) is 0.722. The standard InChI is InChI=1S/C39H68O11/c1-20(2)7-6-8-21(3)25-11-12-26-24-10-9-22-17-23(13-15-38(22,4)27(24)14-16-39(25,26)5)47-36-34(46)32(44)35(29(19-41)49-36)50-37-33(45)31(43)30(42)28(18-40)48-37/h20-37,40-46H,6-19H2,1-5H3/t21-,22+,23+,24+,25-,26+,27+,28-,29-,30-,31+,32-,33-,34-,35-,36+,37-,38+,39-/m1/s1. The molecular weight excluding hydrogens is 644 g/mol. The third-order valence-electron chi connectivity index (χ3n) is 15.1. The van der Waals surface area contributed by atoms with E-state index in [1.807, 2.05) is 0 Å². The molecule has 11 nitrogen and oxygen atoms in total. The molecule has 4 aliphatic carbocycles. The molecule has 0 unspecified atom stereocenters. The van der Waals surface area contributed by atoms with Crippen LogP contribution in [0.5, 0.6) is 0 Å². The van der Waals surface area contributed by atoms with E-state index in [1.54, 1.807) is 0 Å². The summed E-state index contributed by atoms with van der Waals surface area (Å²) >= 11 is 0. The highest BCUT2D eigenvalue weighted by atomic mass is 16.7. The number of aliphatic hydroxyl groups excluding tert-OH is 7. The van der Waals surface area contributed by atoms with Crippen molar-refractivity contribution in [1.82, 2.24) is 0 Å². The molecule has 2 saturated heterocycles. The molecule has 0 radical (unpaired) electrons. The Morgan fingerprint density at radius 3 is 2.00 bits per heavy atom. The van der Waals surface area contributed by atoms with E-state index >= 15 is 0 Å². The lowest BCUT2D eigenvalue weighted by atomic mass is 9.44. The van der Waals surface area contributed by atoms with Gasteiger partial charge in [-0.1, -0.05) is 53.9 Å². The second-order valence-corrected chi connectivity index (χ2v) is 18.2. The minimum atomic E-state index is -1.70. The molecule has 4 saturated carbocycles. The van der Waals surface area contributed by atoms with Crippen molar-refractivity contribution in [3.63, 3.8) is 0 Å². The summed E-state index contributed by atoms with van der Waals surface area (Å²) in [4.78, 5) is 0. The molecule has 2 heterocycles. The van der Waals surface area contributed by atoms with Crippen LogP contribution >= 0.6 is 0 Å². The van der Waals surface area contributed by atoms with Crippen LogP contribution in [-0.4, -0.2) is 116 Å². The molecule has 6 aliphatic rings. The third-order valence-corrected chi connectivity index (χ3v) is 15.1. The van der Waals surface area contributed by atoms with Crippen molar-refractivity contribution in [2.45, 2.75) is 179 Å². The van der Waals surface area contributed by atoms with Crippen LogP contribution in [0.25, 0.3) is 0 Å². The monoisotopic (exact) mass is 712 g/mol. The van der Waals surface area contributed by atoms with Gasteiger partial charge in [0, 0.05) is 0 Å². The number of rotatable bonds is 11. The summed E-state index contributed by atoms with van der Waals surface area (Å²) in [6.07, 6.45) is 0.133. The molecular formula is C39H68O11. The first-order valence-electron chi connectivity index (χ1n) is 20.0. The normalized spacial score (nSPS) is 51.5. The molecule has 0 aromatic carbocycles. The Bertz CT molecular complexity index is 1110. The molecule has 6 fully saturated rings. The SMILES string of the molecule is CC(C)CCC[C@@H](C)[C@H]1CC[C@H]2[C@@H]3CC[C@H]4C[C@@H](O[C@H]5O[C@H](CO)[C@@H](O[C@H]6O[C@H](CO)[C@@H](O)[C@H](O)[C@H]6O)[C@H](O)[C@H]5O)CC[C@]4(C)[C@H]3CC[C@]12C. The zero-order valence-electron chi connectivity index (χ0n) is 31.1. The van der Waals surface area contributed by atoms with Crippen LogP contribution in [0.2, 0.25) is 0 Å². The quantitative estimate of drug-likeness (QED) is 0.157. The fourth-order valence-corrected chi connectivity index (χ4v) is 12.2. The van der Waals surface area contributed by atoms with Crippen molar-refractivity contribution in [1.29, 1.82) is 0 Å². The summed E-state index contributed by atoms with van der Waals surface area (Å²) in [7, 11) is 0. The first-order chi connectivity index (χ1) is 23.7. The third kappa shape index (κ3) is 7.21. The Morgan fingerprint density at radius 2 is 1.30 bits per heavy atom. The van der Waals surface area contributed by atoms with E-state index in [2.05, 4.69) is 34.6 Å². The predicted molar refractivity (Wildman–Crippen MR) is 184 cm³/mol. The van der Waals surface area contributed by atoms with Gasteiger partial charge in [-0.25, -0.2) is 0 Å². The van der Waals surface area contributed by atoms with Gasteiger partial charge in [0.25, 0.3) is 0 Å². The van der Waals surface area contributed by atoms with Crippen LogP contribution in [0.1, 0.15) is 112 Å². The first-order valence-corrected chi connectivity index (χ1v) is 20.0. The maximum Gasteiger partial charge on any atom is 0.187 e. The topological polar surface area (TPSA) is 179 Å². The first kappa shape index (κ1) is 39.3. The average Bonchev–Trinajstić information content (AvgIpc) is 3.45. The van der Waals surface area contributed by atoms with Gasteiger partial charge in [0.2, 0.25) is 0 Å². The van der Waals surface area contributed by atoms with Gasteiger partial charge in [-0.3, -0.25) is 0 Å². The van der Waals surface area contributed by atoms with Gasteiger partial charge in [0.1, 0.15) is 48.8 Å². The minimum Gasteiger partial charge on any atom is -0.394 e. The summed E-state index contributed by atoms with van der Waals surface area (Å²) in [6, 6.07) is 0. The van der Waals surface area contributed by atoms with E-state index < -0.39 is 74.6 Å². The largest absolute Gasteiger partial charge is 0.394 e. The Hall–Kier alpha value is -0.440. The molecule has 290 valence electrons. The molecule has 11 heteroatoms. The van der Waals surface area contributed by atoms with Crippen LogP contribution in [-0.2, 0) is 18.9 Å². The Labute approximate surface area is 299 Å². The summed E-state index contributed by atoms with van der Waals surface area (Å²) in [5, 5.41) is 72.7. The molecule has 0 spiro atoms. The molecule has 7 N–H and O–H groups in total. The zero-order valence-corrected chi connectivity index (χ0v) is 31.1. The lowest BCUT2D eigenvalue weighted by molar-refractivity contribution is -0.364. The summed E-state index contributed by atoms with van der Waals surface area (Å²) < 4.78 is 23.5. The van der Waals surface area contributed by atoms with Crippen molar-refractivity contribution in [2.24, 2.45) is 52.3 Å². The molecule has 2 aliphatic heterocycles. The Morgan fingerprint density at radius 1 is 0.660 bits per heavy atom. The van der Waals surface area contributed by atoms with E-state index in [-0.39, 0.29) is 11.5 Å². The molecule has 6 rings (SSSR count). The second-order valence-electron chi connectivity index (χ2n) is 18.2. The van der Waals surface area contributed by atoms with Crippen molar-refractivity contribution in [3.05, 3.63) is 0 Å². The van der Waals surface area contributed by atoms with Gasteiger partial charge in [0.15, 0.2) is 12.6 Å². The number of aliphatic hydroxyl groups is 7. The Balaban J connectivity index is 1.05. The van der Waals surface area contributed by atoms with Gasteiger partial charge in [-0.05, 0) is 110 Å².